The molecule has 5 nitrogen and oxygen atoms in total. The average Bonchev–Trinajstić information content (AvgIpc) is 2.94. The maximum atomic E-state index is 12.8. The molecule has 1 heterocycles. The number of carboxylic acid groups (broad SMARTS) is 1. The molecule has 0 aromatic carbocycles. The van der Waals surface area contributed by atoms with Gasteiger partial charge in [-0.15, -0.1) is 12.4 Å². The monoisotopic (exact) mass is 356 g/mol. The fraction of sp³-hybridized carbons (Fsp3) is 0.889. The second-order valence-corrected chi connectivity index (χ2v) is 8.68. The van der Waals surface area contributed by atoms with Gasteiger partial charge in [-0.1, -0.05) is 0 Å². The molecule has 1 saturated heterocycles. The summed E-state index contributed by atoms with van der Waals surface area (Å²) in [6.07, 6.45) is 8.26. The minimum atomic E-state index is -0.735. The van der Waals surface area contributed by atoms with E-state index in [2.05, 4.69) is 5.32 Å². The molecule has 1 aliphatic heterocycles. The zero-order chi connectivity index (χ0) is 16.2. The molecule has 4 aliphatic carbocycles. The van der Waals surface area contributed by atoms with Gasteiger partial charge in [0.1, 0.15) is 0 Å². The number of nitrogens with zero attached hydrogens (tertiary/aromatic N) is 1. The van der Waals surface area contributed by atoms with Crippen LogP contribution in [-0.4, -0.2) is 46.6 Å². The largest absolute Gasteiger partial charge is 0.481 e. The van der Waals surface area contributed by atoms with E-state index in [1.807, 2.05) is 11.8 Å². The molecule has 5 rings (SSSR count). The summed E-state index contributed by atoms with van der Waals surface area (Å²) in [6, 6.07) is -0.215. The second-order valence-electron chi connectivity index (χ2n) is 8.68. The zero-order valence-electron chi connectivity index (χ0n) is 14.4. The zero-order valence-corrected chi connectivity index (χ0v) is 15.2. The number of carbonyl (C=O) groups excluding carboxylic acids is 1. The van der Waals surface area contributed by atoms with Gasteiger partial charge in [0.05, 0.1) is 12.0 Å². The molecule has 2 unspecified atom stereocenters. The van der Waals surface area contributed by atoms with Crippen LogP contribution in [0.4, 0.5) is 0 Å². The third-order valence-electron chi connectivity index (χ3n) is 6.92. The van der Waals surface area contributed by atoms with Crippen LogP contribution in [0.5, 0.6) is 0 Å². The van der Waals surface area contributed by atoms with Crippen molar-refractivity contribution in [1.29, 1.82) is 0 Å². The van der Waals surface area contributed by atoms with E-state index in [4.69, 9.17) is 5.11 Å². The van der Waals surface area contributed by atoms with Gasteiger partial charge in [-0.2, -0.15) is 0 Å². The Morgan fingerprint density at radius 1 is 1.12 bits per heavy atom. The van der Waals surface area contributed by atoms with Crippen LogP contribution < -0.4 is 5.32 Å². The fourth-order valence-corrected chi connectivity index (χ4v) is 6.14. The molecule has 0 spiro atoms. The second kappa shape index (κ2) is 6.49. The fourth-order valence-electron chi connectivity index (χ4n) is 6.14. The third-order valence-corrected chi connectivity index (χ3v) is 6.92. The number of likely N-dealkylation sites (tertiary alicyclic amines) is 1. The number of rotatable bonds is 4. The van der Waals surface area contributed by atoms with Crippen LogP contribution in [0.3, 0.4) is 0 Å². The molecule has 0 radical (unpaired) electrons. The van der Waals surface area contributed by atoms with E-state index >= 15 is 0 Å². The quantitative estimate of drug-likeness (QED) is 0.810. The smallest absolute Gasteiger partial charge is 0.307 e. The van der Waals surface area contributed by atoms with Crippen molar-refractivity contribution in [1.82, 2.24) is 10.2 Å². The molecular weight excluding hydrogens is 328 g/mol. The maximum Gasteiger partial charge on any atom is 0.307 e. The van der Waals surface area contributed by atoms with Gasteiger partial charge in [0.15, 0.2) is 0 Å². The first-order valence-electron chi connectivity index (χ1n) is 9.23. The number of hydrogen-bond donors (Lipinski definition) is 2. The summed E-state index contributed by atoms with van der Waals surface area (Å²) in [5, 5.41) is 12.6. The van der Waals surface area contributed by atoms with Crippen molar-refractivity contribution >= 4 is 24.3 Å². The number of carbonyl (C=O) groups is 2. The van der Waals surface area contributed by atoms with Crippen LogP contribution >= 0.6 is 12.4 Å². The van der Waals surface area contributed by atoms with Gasteiger partial charge in [0.2, 0.25) is 5.91 Å². The lowest BCUT2D eigenvalue weighted by Crippen LogP contribution is -2.62. The molecule has 6 heteroatoms. The Morgan fingerprint density at radius 3 is 2.12 bits per heavy atom. The molecule has 5 fully saturated rings. The van der Waals surface area contributed by atoms with Crippen molar-refractivity contribution in [3.05, 3.63) is 0 Å². The van der Waals surface area contributed by atoms with Crippen molar-refractivity contribution in [3.8, 4) is 0 Å². The van der Waals surface area contributed by atoms with Crippen molar-refractivity contribution < 1.29 is 14.7 Å². The van der Waals surface area contributed by atoms with Crippen molar-refractivity contribution in [2.24, 2.45) is 23.7 Å². The Bertz CT molecular complexity index is 489. The summed E-state index contributed by atoms with van der Waals surface area (Å²) in [5.74, 6) is 1.52. The minimum Gasteiger partial charge on any atom is -0.481 e. The topological polar surface area (TPSA) is 69.6 Å². The molecule has 24 heavy (non-hydrogen) atoms. The van der Waals surface area contributed by atoms with Crippen LogP contribution in [0, 0.1) is 23.7 Å². The SMILES string of the molecule is CC(C(=O)NC12CC3CC(CC(C3)C1)C2)N1CCC(C(=O)O)C1.Cl. The lowest BCUT2D eigenvalue weighted by Gasteiger charge is -2.57. The van der Waals surface area contributed by atoms with E-state index in [1.54, 1.807) is 0 Å². The lowest BCUT2D eigenvalue weighted by molar-refractivity contribution is -0.141. The van der Waals surface area contributed by atoms with E-state index in [9.17, 15) is 9.59 Å². The first-order valence-corrected chi connectivity index (χ1v) is 9.23. The van der Waals surface area contributed by atoms with E-state index in [0.717, 1.165) is 37.0 Å². The predicted molar refractivity (Wildman–Crippen MR) is 93.1 cm³/mol. The number of nitrogens with one attached hydrogen (secondary N) is 1. The molecule has 2 N–H and O–H groups in total. The molecule has 5 aliphatic rings. The normalized spacial score (nSPS) is 41.7. The van der Waals surface area contributed by atoms with Crippen LogP contribution in [0.15, 0.2) is 0 Å². The van der Waals surface area contributed by atoms with Crippen molar-refractivity contribution in [3.63, 3.8) is 0 Å². The standard InChI is InChI=1S/C18H28N2O3.ClH/c1-11(20-3-2-15(10-20)17(22)23)16(21)19-18-7-12-4-13(8-18)6-14(5-12)9-18;/h11-15H,2-10H2,1H3,(H,19,21)(H,22,23);1H. The van der Waals surface area contributed by atoms with Gasteiger partial charge in [-0.05, 0) is 76.2 Å². The Balaban J connectivity index is 0.00000169. The van der Waals surface area contributed by atoms with Crippen LogP contribution in [0.25, 0.3) is 0 Å². The van der Waals surface area contributed by atoms with Crippen LogP contribution in [0.2, 0.25) is 0 Å². The van der Waals surface area contributed by atoms with Crippen molar-refractivity contribution in [2.75, 3.05) is 13.1 Å². The first-order chi connectivity index (χ1) is 10.9. The minimum absolute atomic E-state index is 0. The van der Waals surface area contributed by atoms with Gasteiger partial charge in [-0.3, -0.25) is 14.5 Å². The Hall–Kier alpha value is -0.810. The highest BCUT2D eigenvalue weighted by molar-refractivity contribution is 5.85. The van der Waals surface area contributed by atoms with Crippen LogP contribution in [0.1, 0.15) is 51.9 Å². The van der Waals surface area contributed by atoms with Crippen molar-refractivity contribution in [2.45, 2.75) is 63.5 Å². The molecule has 4 saturated carbocycles. The van der Waals surface area contributed by atoms with Gasteiger partial charge < -0.3 is 10.4 Å². The summed E-state index contributed by atoms with van der Waals surface area (Å²) in [6.45, 7) is 3.15. The lowest BCUT2D eigenvalue weighted by atomic mass is 9.53. The summed E-state index contributed by atoms with van der Waals surface area (Å²) >= 11 is 0. The summed E-state index contributed by atoms with van der Waals surface area (Å²) in [5.41, 5.74) is 0.0476. The Labute approximate surface area is 150 Å². The van der Waals surface area contributed by atoms with Gasteiger partial charge >= 0.3 is 5.97 Å². The molecule has 0 aromatic heterocycles. The molecule has 1 amide bonds. The summed E-state index contributed by atoms with van der Waals surface area (Å²) in [4.78, 5) is 25.9. The third kappa shape index (κ3) is 3.17. The summed E-state index contributed by atoms with van der Waals surface area (Å²) < 4.78 is 0. The molecule has 0 aromatic rings. The number of hydrogen-bond acceptors (Lipinski definition) is 3. The van der Waals surface area contributed by atoms with E-state index in [0.29, 0.717) is 19.5 Å². The Kier molecular flexibility index (Phi) is 4.86. The molecular formula is C18H29ClN2O3. The number of aliphatic carboxylic acids is 1. The number of amides is 1. The van der Waals surface area contributed by atoms with E-state index in [-0.39, 0.29) is 35.8 Å². The highest BCUT2D eigenvalue weighted by Gasteiger charge is 2.52. The Morgan fingerprint density at radius 2 is 1.67 bits per heavy atom. The first kappa shape index (κ1) is 18.0. The predicted octanol–water partition coefficient (Wildman–Crippen LogP) is 2.29. The van der Waals surface area contributed by atoms with Gasteiger partial charge in [-0.25, -0.2) is 0 Å². The molecule has 136 valence electrons. The van der Waals surface area contributed by atoms with E-state index < -0.39 is 5.97 Å². The van der Waals surface area contributed by atoms with E-state index in [1.165, 1.54) is 19.3 Å². The highest BCUT2D eigenvalue weighted by Crippen LogP contribution is 2.55. The highest BCUT2D eigenvalue weighted by atomic mass is 35.5. The average molecular weight is 357 g/mol. The van der Waals surface area contributed by atoms with Gasteiger partial charge in [0, 0.05) is 12.1 Å². The maximum absolute atomic E-state index is 12.8. The number of carboxylic acids is 1. The molecule has 4 bridgehead atoms. The van der Waals surface area contributed by atoms with Crippen LogP contribution in [-0.2, 0) is 9.59 Å². The number of halogens is 1. The summed E-state index contributed by atoms with van der Waals surface area (Å²) in [7, 11) is 0. The van der Waals surface area contributed by atoms with Gasteiger partial charge in [0.25, 0.3) is 0 Å². The molecule has 2 atom stereocenters.